The van der Waals surface area contributed by atoms with Gasteiger partial charge in [-0.1, -0.05) is 5.16 Å². The van der Waals surface area contributed by atoms with E-state index in [1.54, 1.807) is 11.0 Å². The number of ether oxygens (including phenoxy) is 1. The van der Waals surface area contributed by atoms with E-state index < -0.39 is 0 Å². The largest absolute Gasteiger partial charge is 0.371 e. The highest BCUT2D eigenvalue weighted by Gasteiger charge is 2.26. The van der Waals surface area contributed by atoms with Gasteiger partial charge in [-0.3, -0.25) is 0 Å². The van der Waals surface area contributed by atoms with Crippen LogP contribution in [-0.4, -0.2) is 39.1 Å². The molecule has 0 saturated carbocycles. The SMILES string of the molecule is Cc1noc(C)c1COC1CCN(c2ncnn2C)C1. The van der Waals surface area contributed by atoms with Crippen LogP contribution in [0.25, 0.3) is 0 Å². The Hall–Kier alpha value is -1.89. The second-order valence-corrected chi connectivity index (χ2v) is 5.15. The maximum atomic E-state index is 5.98. The van der Waals surface area contributed by atoms with Crippen molar-refractivity contribution in [2.75, 3.05) is 18.0 Å². The van der Waals surface area contributed by atoms with E-state index in [-0.39, 0.29) is 6.10 Å². The van der Waals surface area contributed by atoms with Crippen LogP contribution in [-0.2, 0) is 18.4 Å². The van der Waals surface area contributed by atoms with Crippen molar-refractivity contribution in [1.82, 2.24) is 19.9 Å². The minimum atomic E-state index is 0.209. The summed E-state index contributed by atoms with van der Waals surface area (Å²) in [5.74, 6) is 1.74. The number of rotatable bonds is 4. The zero-order valence-electron chi connectivity index (χ0n) is 12.0. The zero-order chi connectivity index (χ0) is 14.1. The topological polar surface area (TPSA) is 69.2 Å². The summed E-state index contributed by atoms with van der Waals surface area (Å²) < 4.78 is 12.9. The molecule has 1 atom stereocenters. The normalized spacial score (nSPS) is 18.9. The van der Waals surface area contributed by atoms with Crippen molar-refractivity contribution in [2.24, 2.45) is 7.05 Å². The average Bonchev–Trinajstić information content (AvgIpc) is 3.10. The number of hydrogen-bond acceptors (Lipinski definition) is 6. The third kappa shape index (κ3) is 2.40. The Morgan fingerprint density at radius 2 is 2.30 bits per heavy atom. The summed E-state index contributed by atoms with van der Waals surface area (Å²) in [7, 11) is 1.90. The van der Waals surface area contributed by atoms with Gasteiger partial charge in [0.05, 0.1) is 18.4 Å². The lowest BCUT2D eigenvalue weighted by molar-refractivity contribution is 0.0543. The molecule has 2 aromatic rings. The monoisotopic (exact) mass is 277 g/mol. The third-order valence-corrected chi connectivity index (χ3v) is 3.76. The van der Waals surface area contributed by atoms with Gasteiger partial charge >= 0.3 is 0 Å². The van der Waals surface area contributed by atoms with Gasteiger partial charge in [0.1, 0.15) is 12.1 Å². The van der Waals surface area contributed by atoms with E-state index >= 15 is 0 Å². The Morgan fingerprint density at radius 3 is 2.95 bits per heavy atom. The molecule has 1 saturated heterocycles. The minimum Gasteiger partial charge on any atom is -0.371 e. The van der Waals surface area contributed by atoms with Crippen LogP contribution in [0, 0.1) is 13.8 Å². The first-order valence-electron chi connectivity index (χ1n) is 6.77. The van der Waals surface area contributed by atoms with Crippen molar-refractivity contribution >= 4 is 5.95 Å². The predicted molar refractivity (Wildman–Crippen MR) is 72.4 cm³/mol. The van der Waals surface area contributed by atoms with Crippen molar-refractivity contribution in [1.29, 1.82) is 0 Å². The van der Waals surface area contributed by atoms with Gasteiger partial charge in [-0.05, 0) is 20.3 Å². The molecule has 7 heteroatoms. The molecule has 3 rings (SSSR count). The van der Waals surface area contributed by atoms with Crippen LogP contribution in [0.4, 0.5) is 5.95 Å². The first-order chi connectivity index (χ1) is 9.65. The fourth-order valence-corrected chi connectivity index (χ4v) is 2.53. The lowest BCUT2D eigenvalue weighted by Crippen LogP contribution is -2.25. The highest BCUT2D eigenvalue weighted by atomic mass is 16.5. The van der Waals surface area contributed by atoms with Crippen molar-refractivity contribution in [3.05, 3.63) is 23.3 Å². The molecule has 108 valence electrons. The zero-order valence-corrected chi connectivity index (χ0v) is 12.0. The van der Waals surface area contributed by atoms with Gasteiger partial charge in [-0.2, -0.15) is 10.1 Å². The highest BCUT2D eigenvalue weighted by molar-refractivity contribution is 5.31. The molecule has 1 unspecified atom stereocenters. The average molecular weight is 277 g/mol. The second kappa shape index (κ2) is 5.24. The Balaban J connectivity index is 1.57. The third-order valence-electron chi connectivity index (χ3n) is 3.76. The summed E-state index contributed by atoms with van der Waals surface area (Å²) in [6.07, 6.45) is 2.78. The quantitative estimate of drug-likeness (QED) is 0.837. The molecule has 0 spiro atoms. The number of anilines is 1. The molecule has 0 aliphatic carbocycles. The summed E-state index contributed by atoms with van der Waals surface area (Å²) >= 11 is 0. The van der Waals surface area contributed by atoms with Crippen LogP contribution >= 0.6 is 0 Å². The van der Waals surface area contributed by atoms with Crippen LogP contribution in [0.1, 0.15) is 23.4 Å². The summed E-state index contributed by atoms with van der Waals surface area (Å²) in [6.45, 7) is 6.20. The summed E-state index contributed by atoms with van der Waals surface area (Å²) in [5, 5.41) is 8.04. The van der Waals surface area contributed by atoms with E-state index in [9.17, 15) is 0 Å². The molecular formula is C13H19N5O2. The van der Waals surface area contributed by atoms with E-state index in [0.717, 1.165) is 42.5 Å². The fraction of sp³-hybridized carbons (Fsp3) is 0.615. The molecule has 1 aliphatic rings. The lowest BCUT2D eigenvalue weighted by atomic mass is 10.2. The molecular weight excluding hydrogens is 258 g/mol. The van der Waals surface area contributed by atoms with E-state index in [0.29, 0.717) is 6.61 Å². The Labute approximate surface area is 117 Å². The Morgan fingerprint density at radius 1 is 1.45 bits per heavy atom. The highest BCUT2D eigenvalue weighted by Crippen LogP contribution is 2.21. The number of aryl methyl sites for hydroxylation is 3. The van der Waals surface area contributed by atoms with Crippen LogP contribution < -0.4 is 4.90 Å². The lowest BCUT2D eigenvalue weighted by Gasteiger charge is -2.16. The minimum absolute atomic E-state index is 0.209. The number of aromatic nitrogens is 4. The molecule has 0 amide bonds. The molecule has 0 radical (unpaired) electrons. The molecule has 3 heterocycles. The molecule has 20 heavy (non-hydrogen) atoms. The van der Waals surface area contributed by atoms with Crippen molar-refractivity contribution in [3.63, 3.8) is 0 Å². The van der Waals surface area contributed by atoms with Crippen molar-refractivity contribution < 1.29 is 9.26 Å². The smallest absolute Gasteiger partial charge is 0.223 e. The molecule has 0 bridgehead atoms. The van der Waals surface area contributed by atoms with Crippen molar-refractivity contribution in [2.45, 2.75) is 33.0 Å². The van der Waals surface area contributed by atoms with Gasteiger partial charge in [-0.25, -0.2) is 4.68 Å². The first kappa shape index (κ1) is 13.1. The van der Waals surface area contributed by atoms with E-state index in [1.165, 1.54) is 0 Å². The first-order valence-corrected chi connectivity index (χ1v) is 6.77. The van der Waals surface area contributed by atoms with Gasteiger partial charge in [-0.15, -0.1) is 0 Å². The standard InChI is InChI=1S/C13H19N5O2/c1-9-12(10(2)20-16-9)7-19-11-4-5-18(6-11)13-14-8-15-17(13)3/h8,11H,4-7H2,1-3H3. The molecule has 0 N–H and O–H groups in total. The van der Waals surface area contributed by atoms with Crippen molar-refractivity contribution in [3.8, 4) is 0 Å². The van der Waals surface area contributed by atoms with Gasteiger partial charge in [0, 0.05) is 25.7 Å². The fourth-order valence-electron chi connectivity index (χ4n) is 2.53. The van der Waals surface area contributed by atoms with Gasteiger partial charge in [0.15, 0.2) is 0 Å². The molecule has 1 aliphatic heterocycles. The van der Waals surface area contributed by atoms with Gasteiger partial charge < -0.3 is 14.2 Å². The van der Waals surface area contributed by atoms with E-state index in [1.807, 2.05) is 20.9 Å². The van der Waals surface area contributed by atoms with Crippen LogP contribution in [0.15, 0.2) is 10.9 Å². The maximum absolute atomic E-state index is 5.98. The predicted octanol–water partition coefficient (Wildman–Crippen LogP) is 1.22. The van der Waals surface area contributed by atoms with Crippen LogP contribution in [0.3, 0.4) is 0 Å². The summed E-state index contributed by atoms with van der Waals surface area (Å²) in [4.78, 5) is 6.47. The molecule has 1 fully saturated rings. The Bertz CT molecular complexity index is 572. The van der Waals surface area contributed by atoms with Gasteiger partial charge in [0.2, 0.25) is 5.95 Å². The van der Waals surface area contributed by atoms with E-state index in [2.05, 4.69) is 20.1 Å². The van der Waals surface area contributed by atoms with Crippen LogP contribution in [0.5, 0.6) is 0 Å². The second-order valence-electron chi connectivity index (χ2n) is 5.15. The van der Waals surface area contributed by atoms with E-state index in [4.69, 9.17) is 9.26 Å². The molecule has 7 nitrogen and oxygen atoms in total. The number of hydrogen-bond donors (Lipinski definition) is 0. The Kier molecular flexibility index (Phi) is 3.43. The summed E-state index contributed by atoms with van der Waals surface area (Å²) in [5.41, 5.74) is 1.97. The maximum Gasteiger partial charge on any atom is 0.223 e. The number of nitrogens with zero attached hydrogens (tertiary/aromatic N) is 5. The van der Waals surface area contributed by atoms with Crippen LogP contribution in [0.2, 0.25) is 0 Å². The molecule has 2 aromatic heterocycles. The summed E-state index contributed by atoms with van der Waals surface area (Å²) in [6, 6.07) is 0. The molecule has 0 aromatic carbocycles. The van der Waals surface area contributed by atoms with Gasteiger partial charge in [0.25, 0.3) is 0 Å².